The van der Waals surface area contributed by atoms with E-state index in [0.717, 1.165) is 19.3 Å². The first-order valence-corrected chi connectivity index (χ1v) is 10.3. The number of fused-ring (bicyclic) bond motifs is 2. The molecule has 7 nitrogen and oxygen atoms in total. The minimum absolute atomic E-state index is 0.0959. The molecule has 0 radical (unpaired) electrons. The second-order valence-electron chi connectivity index (χ2n) is 9.61. The summed E-state index contributed by atoms with van der Waals surface area (Å²) in [6.45, 7) is 8.28. The Bertz CT molecular complexity index is 848. The minimum Gasteiger partial charge on any atom is -0.493 e. The van der Waals surface area contributed by atoms with Crippen LogP contribution < -0.4 is 9.47 Å². The third-order valence-electron chi connectivity index (χ3n) is 6.01. The number of methoxy groups -OCH3 is 1. The highest BCUT2D eigenvalue weighted by Crippen LogP contribution is 2.52. The van der Waals surface area contributed by atoms with Crippen LogP contribution in [0, 0.1) is 10.8 Å². The number of hydrogen-bond acceptors (Lipinski definition) is 6. The van der Waals surface area contributed by atoms with Gasteiger partial charge in [-0.15, -0.1) is 0 Å². The number of likely N-dealkylation sites (tertiary alicyclic amines) is 1. The number of ketones is 1. The van der Waals surface area contributed by atoms with Crippen molar-refractivity contribution in [1.29, 1.82) is 0 Å². The molecule has 2 aliphatic rings. The summed E-state index contributed by atoms with van der Waals surface area (Å²) < 4.78 is 15.8. The van der Waals surface area contributed by atoms with E-state index in [4.69, 9.17) is 14.2 Å². The Balaban J connectivity index is 1.51. The van der Waals surface area contributed by atoms with Crippen LogP contribution in [0.1, 0.15) is 57.3 Å². The number of rotatable bonds is 7. The van der Waals surface area contributed by atoms with E-state index < -0.39 is 5.97 Å². The molecule has 0 aromatic heterocycles. The molecular formula is C23H31NO6. The van der Waals surface area contributed by atoms with Crippen molar-refractivity contribution in [2.75, 3.05) is 26.9 Å². The molecule has 1 amide bonds. The maximum Gasteiger partial charge on any atom is 0.344 e. The molecule has 1 aliphatic heterocycles. The van der Waals surface area contributed by atoms with Crippen molar-refractivity contribution in [1.82, 2.24) is 4.90 Å². The van der Waals surface area contributed by atoms with Gasteiger partial charge in [0.2, 0.25) is 0 Å². The zero-order valence-corrected chi connectivity index (χ0v) is 18.4. The summed E-state index contributed by atoms with van der Waals surface area (Å²) in [7, 11) is 1.46. The van der Waals surface area contributed by atoms with Crippen LogP contribution in [-0.4, -0.2) is 55.5 Å². The molecule has 2 atom stereocenters. The smallest absolute Gasteiger partial charge is 0.344 e. The fourth-order valence-electron chi connectivity index (χ4n) is 5.16. The maximum absolute atomic E-state index is 12.7. The van der Waals surface area contributed by atoms with Gasteiger partial charge in [0.05, 0.1) is 7.11 Å². The summed E-state index contributed by atoms with van der Waals surface area (Å²) in [5.74, 6) is -0.199. The van der Waals surface area contributed by atoms with Gasteiger partial charge in [0.25, 0.3) is 5.91 Å². The molecule has 0 N–H and O–H groups in total. The van der Waals surface area contributed by atoms with Crippen molar-refractivity contribution in [3.8, 4) is 11.5 Å². The van der Waals surface area contributed by atoms with Gasteiger partial charge in [-0.1, -0.05) is 20.8 Å². The van der Waals surface area contributed by atoms with Crippen LogP contribution in [0.25, 0.3) is 0 Å². The quantitative estimate of drug-likeness (QED) is 0.500. The number of nitrogens with zero attached hydrogens (tertiary/aromatic N) is 1. The van der Waals surface area contributed by atoms with Gasteiger partial charge in [-0.25, -0.2) is 4.79 Å². The van der Waals surface area contributed by atoms with Crippen molar-refractivity contribution >= 4 is 17.7 Å². The Labute approximate surface area is 177 Å². The Morgan fingerprint density at radius 1 is 1.10 bits per heavy atom. The molecule has 1 aromatic rings. The lowest BCUT2D eigenvalue weighted by molar-refractivity contribution is -0.154. The lowest BCUT2D eigenvalue weighted by Gasteiger charge is -2.39. The molecule has 3 rings (SSSR count). The number of ether oxygens (including phenoxy) is 3. The number of Topliss-reactive ketones (excluding diaryl/α,β-unsaturated/α-hetero) is 1. The summed E-state index contributed by atoms with van der Waals surface area (Å²) in [5.41, 5.74) is 0.839. The molecule has 2 fully saturated rings. The minimum atomic E-state index is -0.630. The van der Waals surface area contributed by atoms with E-state index in [1.165, 1.54) is 14.0 Å². The number of esters is 1. The van der Waals surface area contributed by atoms with Crippen molar-refractivity contribution < 1.29 is 28.6 Å². The topological polar surface area (TPSA) is 82.1 Å². The van der Waals surface area contributed by atoms with Crippen LogP contribution in [0.2, 0.25) is 0 Å². The van der Waals surface area contributed by atoms with Crippen LogP contribution >= 0.6 is 0 Å². The van der Waals surface area contributed by atoms with E-state index in [9.17, 15) is 14.4 Å². The molecular weight excluding hydrogens is 386 g/mol. The Morgan fingerprint density at radius 3 is 2.50 bits per heavy atom. The summed E-state index contributed by atoms with van der Waals surface area (Å²) in [5, 5.41) is 0. The average Bonchev–Trinajstić information content (AvgIpc) is 2.92. The maximum atomic E-state index is 12.7. The SMILES string of the molecule is COc1cc(C(C)=O)ccc1OCC(=O)OCC(=O)N1C[C@@]2(C)C[C@H]1CC(C)(C)C2. The van der Waals surface area contributed by atoms with Crippen molar-refractivity contribution in [2.24, 2.45) is 10.8 Å². The third-order valence-corrected chi connectivity index (χ3v) is 6.01. The van der Waals surface area contributed by atoms with Crippen LogP contribution in [0.5, 0.6) is 11.5 Å². The molecule has 1 saturated heterocycles. The molecule has 1 aliphatic carbocycles. The van der Waals surface area contributed by atoms with Gasteiger partial charge in [0.1, 0.15) is 0 Å². The van der Waals surface area contributed by atoms with Crippen LogP contribution in [-0.2, 0) is 14.3 Å². The van der Waals surface area contributed by atoms with Crippen LogP contribution in [0.15, 0.2) is 18.2 Å². The molecule has 1 saturated carbocycles. The van der Waals surface area contributed by atoms with Gasteiger partial charge in [0.15, 0.2) is 30.5 Å². The Hall–Kier alpha value is -2.57. The highest BCUT2D eigenvalue weighted by molar-refractivity contribution is 5.94. The molecule has 0 unspecified atom stereocenters. The molecule has 1 heterocycles. The van der Waals surface area contributed by atoms with Crippen LogP contribution in [0.4, 0.5) is 0 Å². The first-order chi connectivity index (χ1) is 14.0. The number of hydrogen-bond donors (Lipinski definition) is 0. The second-order valence-corrected chi connectivity index (χ2v) is 9.61. The average molecular weight is 418 g/mol. The van der Waals surface area contributed by atoms with Crippen LogP contribution in [0.3, 0.4) is 0 Å². The number of benzene rings is 1. The van der Waals surface area contributed by atoms with E-state index in [1.54, 1.807) is 18.2 Å². The van der Waals surface area contributed by atoms with E-state index >= 15 is 0 Å². The van der Waals surface area contributed by atoms with E-state index in [-0.39, 0.29) is 41.8 Å². The highest BCUT2D eigenvalue weighted by atomic mass is 16.6. The lowest BCUT2D eigenvalue weighted by atomic mass is 9.65. The predicted octanol–water partition coefficient (Wildman–Crippen LogP) is 3.25. The molecule has 30 heavy (non-hydrogen) atoms. The van der Waals surface area contributed by atoms with E-state index in [1.807, 2.05) is 4.90 Å². The summed E-state index contributed by atoms with van der Waals surface area (Å²) in [6, 6.07) is 4.94. The van der Waals surface area contributed by atoms with E-state index in [2.05, 4.69) is 20.8 Å². The first-order valence-electron chi connectivity index (χ1n) is 10.3. The van der Waals surface area contributed by atoms with Gasteiger partial charge in [0, 0.05) is 18.2 Å². The Kier molecular flexibility index (Phi) is 6.11. The molecule has 2 bridgehead atoms. The normalized spacial score (nSPS) is 24.3. The molecule has 164 valence electrons. The number of amides is 1. The monoisotopic (exact) mass is 417 g/mol. The first kappa shape index (κ1) is 22.1. The Morgan fingerprint density at radius 2 is 1.83 bits per heavy atom. The molecule has 0 spiro atoms. The fourth-order valence-corrected chi connectivity index (χ4v) is 5.16. The summed E-state index contributed by atoms with van der Waals surface area (Å²) in [4.78, 5) is 38.1. The zero-order valence-electron chi connectivity index (χ0n) is 18.4. The van der Waals surface area contributed by atoms with Gasteiger partial charge < -0.3 is 19.1 Å². The zero-order chi connectivity index (χ0) is 22.1. The number of carbonyl (C=O) groups is 3. The van der Waals surface area contributed by atoms with Gasteiger partial charge >= 0.3 is 5.97 Å². The number of carbonyl (C=O) groups excluding carboxylic acids is 3. The highest BCUT2D eigenvalue weighted by Gasteiger charge is 2.50. The van der Waals surface area contributed by atoms with Crippen molar-refractivity contribution in [2.45, 2.75) is 53.0 Å². The molecule has 7 heteroatoms. The summed E-state index contributed by atoms with van der Waals surface area (Å²) >= 11 is 0. The molecule has 1 aromatic carbocycles. The third kappa shape index (κ3) is 4.94. The largest absolute Gasteiger partial charge is 0.493 e. The lowest BCUT2D eigenvalue weighted by Crippen LogP contribution is -2.40. The van der Waals surface area contributed by atoms with Gasteiger partial charge in [-0.2, -0.15) is 0 Å². The summed E-state index contributed by atoms with van der Waals surface area (Å²) in [6.07, 6.45) is 3.08. The van der Waals surface area contributed by atoms with Gasteiger partial charge in [-0.3, -0.25) is 9.59 Å². The predicted molar refractivity (Wildman–Crippen MR) is 111 cm³/mol. The van der Waals surface area contributed by atoms with Crippen molar-refractivity contribution in [3.05, 3.63) is 23.8 Å². The van der Waals surface area contributed by atoms with E-state index in [0.29, 0.717) is 23.6 Å². The fraction of sp³-hybridized carbons (Fsp3) is 0.609. The second kappa shape index (κ2) is 8.28. The van der Waals surface area contributed by atoms with Gasteiger partial charge in [-0.05, 0) is 55.2 Å². The standard InChI is InChI=1S/C23H31NO6/c1-15(25)16-6-7-18(19(8-16)28-5)29-12-21(27)30-11-20(26)24-14-23(4)10-17(24)9-22(2,3)13-23/h6-8,17H,9-14H2,1-5H3/t17-,23+/m1/s1. The van der Waals surface area contributed by atoms with Crippen molar-refractivity contribution in [3.63, 3.8) is 0 Å².